The number of nitrogens with one attached hydrogen (secondary N) is 2. The van der Waals surface area contributed by atoms with Gasteiger partial charge in [-0.1, -0.05) is 6.58 Å². The number of aromatic nitrogens is 8. The van der Waals surface area contributed by atoms with E-state index in [2.05, 4.69) is 46.7 Å². The third kappa shape index (κ3) is 3.38. The molecule has 9 nitrogen and oxygen atoms in total. The second-order valence-electron chi connectivity index (χ2n) is 6.75. The molecule has 5 aromatic heterocycles. The molecule has 0 amide bonds. The molecule has 0 fully saturated rings. The van der Waals surface area contributed by atoms with Gasteiger partial charge in [0, 0.05) is 54.4 Å². The average Bonchev–Trinajstić information content (AvgIpc) is 3.41. The first kappa shape index (κ1) is 18.5. The van der Waals surface area contributed by atoms with E-state index in [0.717, 1.165) is 32.9 Å². The van der Waals surface area contributed by atoms with Crippen LogP contribution < -0.4 is 10.6 Å². The molecular weight excluding hydrogens is 390 g/mol. The predicted octanol–water partition coefficient (Wildman–Crippen LogP) is 1.51. The molecule has 0 saturated heterocycles. The Balaban J connectivity index is 1.67. The van der Waals surface area contributed by atoms with Crippen LogP contribution in [0.25, 0.3) is 46.3 Å². The average molecular weight is 407 g/mol. The van der Waals surface area contributed by atoms with E-state index in [-0.39, 0.29) is 0 Å². The minimum absolute atomic E-state index is 0.607. The number of pyridine rings is 2. The molecule has 0 aliphatic carbocycles. The second-order valence-corrected chi connectivity index (χ2v) is 6.75. The first-order chi connectivity index (χ1) is 15.2. The summed E-state index contributed by atoms with van der Waals surface area (Å²) in [6, 6.07) is 3.86. The van der Waals surface area contributed by atoms with Crippen molar-refractivity contribution >= 4 is 29.4 Å². The second kappa shape index (κ2) is 7.71. The van der Waals surface area contributed by atoms with Gasteiger partial charge in [-0.2, -0.15) is 5.10 Å². The number of aliphatic imine (C=N–C) groups is 1. The first-order valence-corrected chi connectivity index (χ1v) is 9.46. The van der Waals surface area contributed by atoms with Crippen molar-refractivity contribution in [3.8, 4) is 22.6 Å². The summed E-state index contributed by atoms with van der Waals surface area (Å²) in [4.78, 5) is 29.1. The molecule has 0 spiro atoms. The van der Waals surface area contributed by atoms with E-state index in [1.54, 1.807) is 44.2 Å². The Bertz CT molecular complexity index is 1500. The van der Waals surface area contributed by atoms with E-state index in [9.17, 15) is 0 Å². The van der Waals surface area contributed by atoms with Crippen LogP contribution >= 0.6 is 0 Å². The zero-order valence-corrected chi connectivity index (χ0v) is 16.6. The first-order valence-electron chi connectivity index (χ1n) is 9.46. The number of fused-ring (bicyclic) bond motifs is 1. The van der Waals surface area contributed by atoms with Crippen molar-refractivity contribution in [1.29, 1.82) is 0 Å². The lowest BCUT2D eigenvalue weighted by atomic mass is 10.1. The highest BCUT2D eigenvalue weighted by atomic mass is 15.1. The van der Waals surface area contributed by atoms with Gasteiger partial charge in [0.1, 0.15) is 12.0 Å². The molecule has 5 rings (SSSR count). The topological polar surface area (TPSA) is 121 Å². The molecule has 5 aromatic rings. The fraction of sp³-hybridized carbons (Fsp3) is 0.0455. The van der Waals surface area contributed by atoms with Gasteiger partial charge in [0.2, 0.25) is 0 Å². The SMILES string of the molecule is C=c1[nH]nc(-c2nc3c(-c4ccncc4)cncc3[nH]2)/c1=C/C(=N\C)c1cncnc1. The summed E-state index contributed by atoms with van der Waals surface area (Å²) in [5.41, 5.74) is 5.66. The number of hydrogen-bond acceptors (Lipinski definition) is 7. The fourth-order valence-corrected chi connectivity index (χ4v) is 3.36. The normalized spacial score (nSPS) is 12.5. The Morgan fingerprint density at radius 3 is 2.61 bits per heavy atom. The Kier molecular flexibility index (Phi) is 4.60. The molecule has 0 radical (unpaired) electrons. The molecule has 5 heterocycles. The van der Waals surface area contributed by atoms with Crippen LogP contribution in [0, 0.1) is 0 Å². The Hall–Kier alpha value is -4.53. The van der Waals surface area contributed by atoms with Crippen molar-refractivity contribution < 1.29 is 0 Å². The van der Waals surface area contributed by atoms with Crippen LogP contribution in [-0.4, -0.2) is 52.9 Å². The Morgan fingerprint density at radius 1 is 1.03 bits per heavy atom. The lowest BCUT2D eigenvalue weighted by molar-refractivity contribution is 1.06. The number of rotatable bonds is 4. The summed E-state index contributed by atoms with van der Waals surface area (Å²) < 4.78 is 0. The molecular formula is C22H17N9. The molecule has 0 atom stereocenters. The Morgan fingerprint density at radius 2 is 1.84 bits per heavy atom. The molecule has 9 heteroatoms. The van der Waals surface area contributed by atoms with E-state index >= 15 is 0 Å². The van der Waals surface area contributed by atoms with Gasteiger partial charge in [0.25, 0.3) is 0 Å². The standard InChI is InChI=1S/C22H17N9/c1-13-16(7-18(23-2)15-8-26-12-27-9-15)21(31-30-13)22-28-19-11-25-10-17(20(19)29-22)14-3-5-24-6-4-14/h3-12,30H,1H2,2H3,(H,28,29)/b16-7+,23-18+. The maximum atomic E-state index is 4.83. The van der Waals surface area contributed by atoms with E-state index in [0.29, 0.717) is 22.6 Å². The van der Waals surface area contributed by atoms with Crippen LogP contribution in [0.2, 0.25) is 0 Å². The number of hydrogen-bond donors (Lipinski definition) is 2. The van der Waals surface area contributed by atoms with Crippen molar-refractivity contribution in [2.24, 2.45) is 4.99 Å². The molecule has 31 heavy (non-hydrogen) atoms. The number of imidazole rings is 1. The highest BCUT2D eigenvalue weighted by Gasteiger charge is 2.14. The molecule has 0 saturated carbocycles. The molecule has 0 aliphatic heterocycles. The molecule has 0 aliphatic rings. The maximum absolute atomic E-state index is 4.83. The molecule has 0 unspecified atom stereocenters. The molecule has 0 bridgehead atoms. The Labute approximate surface area is 176 Å². The lowest BCUT2D eigenvalue weighted by Crippen LogP contribution is -2.24. The summed E-state index contributed by atoms with van der Waals surface area (Å²) in [5, 5.41) is 8.81. The third-order valence-corrected chi connectivity index (χ3v) is 4.87. The molecule has 150 valence electrons. The van der Waals surface area contributed by atoms with Crippen LogP contribution in [0.15, 0.2) is 60.6 Å². The van der Waals surface area contributed by atoms with Gasteiger partial charge >= 0.3 is 0 Å². The molecule has 2 N–H and O–H groups in total. The van der Waals surface area contributed by atoms with Crippen molar-refractivity contribution in [2.75, 3.05) is 7.05 Å². The van der Waals surface area contributed by atoms with Crippen LogP contribution in [0.4, 0.5) is 0 Å². The maximum Gasteiger partial charge on any atom is 0.159 e. The number of H-pyrrole nitrogens is 2. The largest absolute Gasteiger partial charge is 0.335 e. The van der Waals surface area contributed by atoms with Gasteiger partial charge in [-0.3, -0.25) is 20.1 Å². The minimum atomic E-state index is 0.607. The van der Waals surface area contributed by atoms with Gasteiger partial charge in [-0.25, -0.2) is 15.0 Å². The quantitative estimate of drug-likeness (QED) is 0.436. The summed E-state index contributed by atoms with van der Waals surface area (Å²) >= 11 is 0. The monoisotopic (exact) mass is 407 g/mol. The minimum Gasteiger partial charge on any atom is -0.335 e. The van der Waals surface area contributed by atoms with Gasteiger partial charge in [-0.05, 0) is 23.8 Å². The van der Waals surface area contributed by atoms with Crippen molar-refractivity contribution in [3.05, 3.63) is 71.8 Å². The summed E-state index contributed by atoms with van der Waals surface area (Å²) in [7, 11) is 1.72. The van der Waals surface area contributed by atoms with E-state index in [1.807, 2.05) is 18.2 Å². The zero-order chi connectivity index (χ0) is 21.2. The van der Waals surface area contributed by atoms with E-state index < -0.39 is 0 Å². The van der Waals surface area contributed by atoms with Crippen molar-refractivity contribution in [3.63, 3.8) is 0 Å². The van der Waals surface area contributed by atoms with Crippen LogP contribution in [0.5, 0.6) is 0 Å². The smallest absolute Gasteiger partial charge is 0.159 e. The van der Waals surface area contributed by atoms with Crippen LogP contribution in [-0.2, 0) is 0 Å². The third-order valence-electron chi connectivity index (χ3n) is 4.87. The van der Waals surface area contributed by atoms with Gasteiger partial charge in [0.05, 0.1) is 28.3 Å². The van der Waals surface area contributed by atoms with Crippen LogP contribution in [0.1, 0.15) is 5.56 Å². The van der Waals surface area contributed by atoms with Crippen molar-refractivity contribution in [2.45, 2.75) is 0 Å². The lowest BCUT2D eigenvalue weighted by Gasteiger charge is -2.00. The van der Waals surface area contributed by atoms with Gasteiger partial charge in [-0.15, -0.1) is 0 Å². The zero-order valence-electron chi connectivity index (χ0n) is 16.6. The van der Waals surface area contributed by atoms with Gasteiger partial charge in [0.15, 0.2) is 5.82 Å². The summed E-state index contributed by atoms with van der Waals surface area (Å²) in [6.45, 7) is 4.07. The van der Waals surface area contributed by atoms with E-state index in [4.69, 9.17) is 4.98 Å². The summed E-state index contributed by atoms with van der Waals surface area (Å²) in [6.07, 6.45) is 13.8. The number of nitrogens with zero attached hydrogens (tertiary/aromatic N) is 7. The highest BCUT2D eigenvalue weighted by Crippen LogP contribution is 2.27. The molecule has 0 aromatic carbocycles. The fourth-order valence-electron chi connectivity index (χ4n) is 3.36. The van der Waals surface area contributed by atoms with Crippen molar-refractivity contribution in [1.82, 2.24) is 40.1 Å². The number of aromatic amines is 2. The summed E-state index contributed by atoms with van der Waals surface area (Å²) in [5.74, 6) is 0.607. The van der Waals surface area contributed by atoms with Crippen LogP contribution in [0.3, 0.4) is 0 Å². The highest BCUT2D eigenvalue weighted by molar-refractivity contribution is 6.20. The predicted molar refractivity (Wildman–Crippen MR) is 118 cm³/mol. The van der Waals surface area contributed by atoms with E-state index in [1.165, 1.54) is 6.33 Å². The van der Waals surface area contributed by atoms with Gasteiger partial charge < -0.3 is 4.98 Å².